The molecule has 1 aliphatic rings. The number of hydrogen-bond donors (Lipinski definition) is 2. The minimum atomic E-state index is -0.341. The summed E-state index contributed by atoms with van der Waals surface area (Å²) in [5.41, 5.74) is 2.47. The van der Waals surface area contributed by atoms with Gasteiger partial charge in [-0.3, -0.25) is 14.6 Å². The predicted octanol–water partition coefficient (Wildman–Crippen LogP) is 2.22. The van der Waals surface area contributed by atoms with Crippen LogP contribution in [0.3, 0.4) is 0 Å². The van der Waals surface area contributed by atoms with Crippen LogP contribution >= 0.6 is 0 Å². The second-order valence-electron chi connectivity index (χ2n) is 7.35. The van der Waals surface area contributed by atoms with Crippen LogP contribution in [0.1, 0.15) is 34.7 Å². The highest BCUT2D eigenvalue weighted by Crippen LogP contribution is 2.19. The monoisotopic (exact) mass is 381 g/mol. The molecule has 0 spiro atoms. The molecule has 1 saturated heterocycles. The molecular formula is C21H27N5O2. The maximum absolute atomic E-state index is 12.5. The zero-order chi connectivity index (χ0) is 20.1. The number of nitrogens with zero attached hydrogens (tertiary/aromatic N) is 3. The number of hydrogen-bond acceptors (Lipinski definition) is 5. The molecule has 0 saturated carbocycles. The molecule has 1 aliphatic heterocycles. The van der Waals surface area contributed by atoms with Crippen LogP contribution in [0.2, 0.25) is 0 Å². The number of piperazine rings is 1. The second-order valence-corrected chi connectivity index (χ2v) is 7.35. The van der Waals surface area contributed by atoms with E-state index in [1.165, 1.54) is 12.3 Å². The molecule has 0 atom stereocenters. The standard InChI is InChI=1S/C21H27N5O2/c1-15(2)23-20(27)16-8-9-22-19(14-16)21(28)24-17-4-6-18(7-5-17)26-12-10-25(3)11-13-26/h4-9,14-15H,10-13H2,1-3H3,(H,23,27)(H,24,28). The van der Waals surface area contributed by atoms with Gasteiger partial charge in [-0.1, -0.05) is 0 Å². The van der Waals surface area contributed by atoms with Crippen LogP contribution in [0.25, 0.3) is 0 Å². The summed E-state index contributed by atoms with van der Waals surface area (Å²) in [6.45, 7) is 7.86. The first-order valence-electron chi connectivity index (χ1n) is 9.54. The number of carbonyl (C=O) groups is 2. The fraction of sp³-hybridized carbons (Fsp3) is 0.381. The lowest BCUT2D eigenvalue weighted by Crippen LogP contribution is -2.44. The number of benzene rings is 1. The van der Waals surface area contributed by atoms with Gasteiger partial charge in [0.05, 0.1) is 0 Å². The van der Waals surface area contributed by atoms with Gasteiger partial charge in [-0.2, -0.15) is 0 Å². The topological polar surface area (TPSA) is 77.6 Å². The largest absolute Gasteiger partial charge is 0.369 e. The summed E-state index contributed by atoms with van der Waals surface area (Å²) in [5, 5.41) is 5.65. The van der Waals surface area contributed by atoms with E-state index in [1.807, 2.05) is 38.1 Å². The van der Waals surface area contributed by atoms with Gasteiger partial charge >= 0.3 is 0 Å². The summed E-state index contributed by atoms with van der Waals surface area (Å²) in [6, 6.07) is 10.9. The van der Waals surface area contributed by atoms with Gasteiger partial charge in [0.25, 0.3) is 11.8 Å². The molecule has 0 unspecified atom stereocenters. The molecule has 0 bridgehead atoms. The highest BCUT2D eigenvalue weighted by Gasteiger charge is 2.15. The Bertz CT molecular complexity index is 827. The van der Waals surface area contributed by atoms with Crippen LogP contribution in [0.5, 0.6) is 0 Å². The third-order valence-corrected chi connectivity index (χ3v) is 4.67. The molecule has 7 nitrogen and oxygen atoms in total. The third-order valence-electron chi connectivity index (χ3n) is 4.67. The van der Waals surface area contributed by atoms with Gasteiger partial charge < -0.3 is 20.4 Å². The number of aromatic nitrogens is 1. The summed E-state index contributed by atoms with van der Waals surface area (Å²) in [6.07, 6.45) is 1.47. The Kier molecular flexibility index (Phi) is 6.26. The molecule has 2 aromatic rings. The molecule has 3 rings (SSSR count). The Morgan fingerprint density at radius 2 is 1.68 bits per heavy atom. The van der Waals surface area contributed by atoms with Crippen molar-refractivity contribution in [2.45, 2.75) is 19.9 Å². The van der Waals surface area contributed by atoms with Gasteiger partial charge in [0.1, 0.15) is 5.69 Å². The van der Waals surface area contributed by atoms with E-state index in [4.69, 9.17) is 0 Å². The molecule has 1 aromatic carbocycles. The van der Waals surface area contributed by atoms with E-state index < -0.39 is 0 Å². The summed E-state index contributed by atoms with van der Waals surface area (Å²) >= 11 is 0. The SMILES string of the molecule is CC(C)NC(=O)c1ccnc(C(=O)Nc2ccc(N3CCN(C)CC3)cc2)c1. The molecule has 2 amide bonds. The van der Waals surface area contributed by atoms with Crippen molar-refractivity contribution in [1.29, 1.82) is 0 Å². The van der Waals surface area contributed by atoms with E-state index in [1.54, 1.807) is 6.07 Å². The van der Waals surface area contributed by atoms with E-state index in [-0.39, 0.29) is 23.6 Å². The van der Waals surface area contributed by atoms with Crippen molar-refractivity contribution >= 4 is 23.2 Å². The molecular weight excluding hydrogens is 354 g/mol. The van der Waals surface area contributed by atoms with Gasteiger partial charge in [-0.15, -0.1) is 0 Å². The smallest absolute Gasteiger partial charge is 0.274 e. The number of rotatable bonds is 5. The molecule has 1 aromatic heterocycles. The van der Waals surface area contributed by atoms with Crippen molar-refractivity contribution in [1.82, 2.24) is 15.2 Å². The van der Waals surface area contributed by atoms with Crippen LogP contribution in [0, 0.1) is 0 Å². The second kappa shape index (κ2) is 8.84. The van der Waals surface area contributed by atoms with Crippen molar-refractivity contribution in [3.05, 3.63) is 53.9 Å². The number of pyridine rings is 1. The number of likely N-dealkylation sites (N-methyl/N-ethyl adjacent to an activating group) is 1. The predicted molar refractivity (Wildman–Crippen MR) is 111 cm³/mol. The lowest BCUT2D eigenvalue weighted by molar-refractivity contribution is 0.0943. The lowest BCUT2D eigenvalue weighted by atomic mass is 10.2. The van der Waals surface area contributed by atoms with E-state index in [0.29, 0.717) is 11.3 Å². The van der Waals surface area contributed by atoms with Crippen molar-refractivity contribution < 1.29 is 9.59 Å². The number of nitrogens with one attached hydrogen (secondary N) is 2. The van der Waals surface area contributed by atoms with Gasteiger partial charge in [0.15, 0.2) is 0 Å². The Balaban J connectivity index is 1.64. The van der Waals surface area contributed by atoms with Crippen molar-refractivity contribution in [2.75, 3.05) is 43.4 Å². The molecule has 2 N–H and O–H groups in total. The van der Waals surface area contributed by atoms with Crippen LogP contribution in [0.4, 0.5) is 11.4 Å². The normalized spacial score (nSPS) is 14.8. The molecule has 7 heteroatoms. The summed E-state index contributed by atoms with van der Waals surface area (Å²) in [4.78, 5) is 33.4. The van der Waals surface area contributed by atoms with Crippen LogP contribution < -0.4 is 15.5 Å². The molecule has 0 aliphatic carbocycles. The summed E-state index contributed by atoms with van der Waals surface area (Å²) in [7, 11) is 2.13. The van der Waals surface area contributed by atoms with Crippen LogP contribution in [-0.4, -0.2) is 61.0 Å². The van der Waals surface area contributed by atoms with Gasteiger partial charge in [0.2, 0.25) is 0 Å². The fourth-order valence-electron chi connectivity index (χ4n) is 3.06. The van der Waals surface area contributed by atoms with Crippen LogP contribution in [-0.2, 0) is 0 Å². The van der Waals surface area contributed by atoms with Gasteiger partial charge in [-0.05, 0) is 57.3 Å². The van der Waals surface area contributed by atoms with Crippen LogP contribution in [0.15, 0.2) is 42.6 Å². The minimum Gasteiger partial charge on any atom is -0.369 e. The van der Waals surface area contributed by atoms with E-state index in [0.717, 1.165) is 31.9 Å². The van der Waals surface area contributed by atoms with Crippen molar-refractivity contribution in [2.24, 2.45) is 0 Å². The maximum atomic E-state index is 12.5. The average molecular weight is 381 g/mol. The fourth-order valence-corrected chi connectivity index (χ4v) is 3.06. The number of amides is 2. The number of anilines is 2. The first-order valence-corrected chi connectivity index (χ1v) is 9.54. The van der Waals surface area contributed by atoms with E-state index in [9.17, 15) is 9.59 Å². The lowest BCUT2D eigenvalue weighted by Gasteiger charge is -2.34. The van der Waals surface area contributed by atoms with E-state index in [2.05, 4.69) is 32.5 Å². The van der Waals surface area contributed by atoms with Crippen molar-refractivity contribution in [3.63, 3.8) is 0 Å². The molecule has 0 radical (unpaired) electrons. The first-order chi connectivity index (χ1) is 13.4. The Morgan fingerprint density at radius 3 is 2.32 bits per heavy atom. The zero-order valence-corrected chi connectivity index (χ0v) is 16.6. The van der Waals surface area contributed by atoms with Gasteiger partial charge in [0, 0.05) is 55.4 Å². The Hall–Kier alpha value is -2.93. The zero-order valence-electron chi connectivity index (χ0n) is 16.6. The Morgan fingerprint density at radius 1 is 1.00 bits per heavy atom. The maximum Gasteiger partial charge on any atom is 0.274 e. The Labute approximate surface area is 165 Å². The minimum absolute atomic E-state index is 0.0248. The highest BCUT2D eigenvalue weighted by molar-refractivity contribution is 6.04. The highest BCUT2D eigenvalue weighted by atomic mass is 16.2. The van der Waals surface area contributed by atoms with Gasteiger partial charge in [-0.25, -0.2) is 0 Å². The first kappa shape index (κ1) is 19.8. The molecule has 1 fully saturated rings. The molecule has 2 heterocycles. The van der Waals surface area contributed by atoms with E-state index >= 15 is 0 Å². The third kappa shape index (κ3) is 5.07. The molecule has 28 heavy (non-hydrogen) atoms. The van der Waals surface area contributed by atoms with Crippen molar-refractivity contribution in [3.8, 4) is 0 Å². The molecule has 148 valence electrons. The summed E-state index contributed by atoms with van der Waals surface area (Å²) in [5.74, 6) is -0.561. The average Bonchev–Trinajstić information content (AvgIpc) is 2.69. The number of carbonyl (C=O) groups excluding carboxylic acids is 2. The quantitative estimate of drug-likeness (QED) is 0.830. The summed E-state index contributed by atoms with van der Waals surface area (Å²) < 4.78 is 0.